The molecule has 0 atom stereocenters. The SMILES string of the molecule is Cn1ncc(-c2nc(Cc3cccnc3)no2)c1N. The molecule has 0 radical (unpaired) electrons. The fourth-order valence-electron chi connectivity index (χ4n) is 1.73. The second kappa shape index (κ2) is 4.52. The van der Waals surface area contributed by atoms with E-state index in [1.54, 1.807) is 30.3 Å². The average molecular weight is 256 g/mol. The Morgan fingerprint density at radius 1 is 1.37 bits per heavy atom. The summed E-state index contributed by atoms with van der Waals surface area (Å²) in [6.45, 7) is 0. The van der Waals surface area contributed by atoms with E-state index in [4.69, 9.17) is 10.3 Å². The van der Waals surface area contributed by atoms with E-state index in [0.717, 1.165) is 5.56 Å². The van der Waals surface area contributed by atoms with Crippen LogP contribution in [0.3, 0.4) is 0 Å². The predicted octanol–water partition coefficient (Wildman–Crippen LogP) is 1.04. The lowest BCUT2D eigenvalue weighted by molar-refractivity contribution is 0.424. The van der Waals surface area contributed by atoms with Gasteiger partial charge in [0.15, 0.2) is 5.82 Å². The number of aromatic nitrogens is 5. The van der Waals surface area contributed by atoms with Gasteiger partial charge in [0.2, 0.25) is 0 Å². The second-order valence-corrected chi connectivity index (χ2v) is 4.12. The lowest BCUT2D eigenvalue weighted by Gasteiger charge is -1.94. The molecule has 0 aliphatic rings. The molecule has 7 heteroatoms. The van der Waals surface area contributed by atoms with Gasteiger partial charge in [-0.15, -0.1) is 0 Å². The quantitative estimate of drug-likeness (QED) is 0.752. The number of hydrogen-bond acceptors (Lipinski definition) is 6. The summed E-state index contributed by atoms with van der Waals surface area (Å²) in [4.78, 5) is 8.35. The van der Waals surface area contributed by atoms with Crippen LogP contribution in [0, 0.1) is 0 Å². The van der Waals surface area contributed by atoms with Crippen LogP contribution in [-0.4, -0.2) is 24.9 Å². The number of hydrogen-bond donors (Lipinski definition) is 1. The van der Waals surface area contributed by atoms with Crippen molar-refractivity contribution in [3.05, 3.63) is 42.1 Å². The third-order valence-electron chi connectivity index (χ3n) is 2.77. The molecule has 2 N–H and O–H groups in total. The molecular formula is C12H12N6O. The summed E-state index contributed by atoms with van der Waals surface area (Å²) in [5.41, 5.74) is 7.53. The summed E-state index contributed by atoms with van der Waals surface area (Å²) in [5, 5.41) is 7.97. The number of nitrogens with two attached hydrogens (primary N) is 1. The third-order valence-corrected chi connectivity index (χ3v) is 2.77. The molecular weight excluding hydrogens is 244 g/mol. The molecule has 3 aromatic rings. The van der Waals surface area contributed by atoms with Gasteiger partial charge in [0.25, 0.3) is 5.89 Å². The van der Waals surface area contributed by atoms with Crippen molar-refractivity contribution in [1.29, 1.82) is 0 Å². The Morgan fingerprint density at radius 3 is 2.95 bits per heavy atom. The third kappa shape index (κ3) is 2.17. The predicted molar refractivity (Wildman–Crippen MR) is 68.0 cm³/mol. The minimum atomic E-state index is 0.379. The molecule has 0 saturated carbocycles. The van der Waals surface area contributed by atoms with Gasteiger partial charge >= 0.3 is 0 Å². The van der Waals surface area contributed by atoms with Gasteiger partial charge in [-0.2, -0.15) is 10.1 Å². The van der Waals surface area contributed by atoms with E-state index in [0.29, 0.717) is 29.5 Å². The zero-order chi connectivity index (χ0) is 13.2. The summed E-state index contributed by atoms with van der Waals surface area (Å²) in [5.74, 6) is 1.47. The van der Waals surface area contributed by atoms with Gasteiger partial charge in [-0.1, -0.05) is 11.2 Å². The van der Waals surface area contributed by atoms with E-state index in [1.165, 1.54) is 0 Å². The van der Waals surface area contributed by atoms with E-state index in [2.05, 4.69) is 20.2 Å². The van der Waals surface area contributed by atoms with Gasteiger partial charge in [0.1, 0.15) is 11.4 Å². The average Bonchev–Trinajstić information content (AvgIpc) is 3.00. The molecule has 0 bridgehead atoms. The molecule has 0 saturated heterocycles. The van der Waals surface area contributed by atoms with Crippen molar-refractivity contribution in [1.82, 2.24) is 24.9 Å². The molecule has 0 aromatic carbocycles. The molecule has 0 aliphatic carbocycles. The minimum Gasteiger partial charge on any atom is -0.383 e. The van der Waals surface area contributed by atoms with Crippen molar-refractivity contribution >= 4 is 5.82 Å². The van der Waals surface area contributed by atoms with Gasteiger partial charge < -0.3 is 10.3 Å². The van der Waals surface area contributed by atoms with Crippen LogP contribution in [0.5, 0.6) is 0 Å². The van der Waals surface area contributed by atoms with Crippen molar-refractivity contribution in [3.8, 4) is 11.5 Å². The van der Waals surface area contributed by atoms with Gasteiger partial charge in [-0.3, -0.25) is 9.67 Å². The number of aryl methyl sites for hydroxylation is 1. The first-order chi connectivity index (χ1) is 9.24. The highest BCUT2D eigenvalue weighted by Crippen LogP contribution is 2.23. The van der Waals surface area contributed by atoms with Gasteiger partial charge in [-0.05, 0) is 11.6 Å². The van der Waals surface area contributed by atoms with Crippen LogP contribution in [0.25, 0.3) is 11.5 Å². The summed E-state index contributed by atoms with van der Waals surface area (Å²) >= 11 is 0. The molecule has 96 valence electrons. The number of anilines is 1. The van der Waals surface area contributed by atoms with E-state index in [-0.39, 0.29) is 0 Å². The monoisotopic (exact) mass is 256 g/mol. The van der Waals surface area contributed by atoms with Crippen LogP contribution < -0.4 is 5.73 Å². The van der Waals surface area contributed by atoms with Crippen molar-refractivity contribution < 1.29 is 4.52 Å². The molecule has 0 spiro atoms. The molecule has 19 heavy (non-hydrogen) atoms. The minimum absolute atomic E-state index is 0.379. The van der Waals surface area contributed by atoms with Crippen molar-refractivity contribution in [3.63, 3.8) is 0 Å². The summed E-state index contributed by atoms with van der Waals surface area (Å²) < 4.78 is 6.76. The molecule has 0 aliphatic heterocycles. The molecule has 7 nitrogen and oxygen atoms in total. The molecule has 3 heterocycles. The Morgan fingerprint density at radius 2 is 2.26 bits per heavy atom. The molecule has 0 unspecified atom stereocenters. The Balaban J connectivity index is 1.86. The van der Waals surface area contributed by atoms with E-state index in [9.17, 15) is 0 Å². The Kier molecular flexibility index (Phi) is 2.71. The first-order valence-electron chi connectivity index (χ1n) is 5.73. The zero-order valence-electron chi connectivity index (χ0n) is 10.3. The fourth-order valence-corrected chi connectivity index (χ4v) is 1.73. The topological polar surface area (TPSA) is 95.6 Å². The maximum atomic E-state index is 5.86. The molecule has 3 aromatic heterocycles. The zero-order valence-corrected chi connectivity index (χ0v) is 10.3. The summed E-state index contributed by atoms with van der Waals surface area (Å²) in [6.07, 6.45) is 5.67. The molecule has 0 fully saturated rings. The summed E-state index contributed by atoms with van der Waals surface area (Å²) in [7, 11) is 1.76. The first-order valence-corrected chi connectivity index (χ1v) is 5.73. The van der Waals surface area contributed by atoms with Crippen molar-refractivity contribution in [2.24, 2.45) is 7.05 Å². The maximum absolute atomic E-state index is 5.86. The van der Waals surface area contributed by atoms with Crippen molar-refractivity contribution in [2.45, 2.75) is 6.42 Å². The largest absolute Gasteiger partial charge is 0.383 e. The number of nitrogens with zero attached hydrogens (tertiary/aromatic N) is 5. The maximum Gasteiger partial charge on any atom is 0.263 e. The van der Waals surface area contributed by atoms with Gasteiger partial charge in [-0.25, -0.2) is 0 Å². The number of nitrogen functional groups attached to an aromatic ring is 1. The lowest BCUT2D eigenvalue weighted by atomic mass is 10.2. The van der Waals surface area contributed by atoms with Gasteiger partial charge in [0, 0.05) is 25.9 Å². The standard InChI is InChI=1S/C12H12N6O/c1-18-11(13)9(7-15-18)12-16-10(17-19-12)5-8-3-2-4-14-6-8/h2-4,6-7H,5,13H2,1H3. The lowest BCUT2D eigenvalue weighted by Crippen LogP contribution is -1.98. The Hall–Kier alpha value is -2.70. The highest BCUT2D eigenvalue weighted by molar-refractivity contribution is 5.66. The first kappa shape index (κ1) is 11.4. The van der Waals surface area contributed by atoms with Crippen LogP contribution in [0.2, 0.25) is 0 Å². The Labute approximate surface area is 109 Å². The van der Waals surface area contributed by atoms with Crippen LogP contribution in [-0.2, 0) is 13.5 Å². The van der Waals surface area contributed by atoms with E-state index >= 15 is 0 Å². The second-order valence-electron chi connectivity index (χ2n) is 4.12. The normalized spacial score (nSPS) is 10.8. The van der Waals surface area contributed by atoms with Crippen LogP contribution in [0.4, 0.5) is 5.82 Å². The highest BCUT2D eigenvalue weighted by atomic mass is 16.5. The number of pyridine rings is 1. The Bertz CT molecular complexity index is 687. The molecule has 0 amide bonds. The van der Waals surface area contributed by atoms with E-state index in [1.807, 2.05) is 12.1 Å². The summed E-state index contributed by atoms with van der Waals surface area (Å²) in [6, 6.07) is 3.83. The number of rotatable bonds is 3. The van der Waals surface area contributed by atoms with E-state index < -0.39 is 0 Å². The van der Waals surface area contributed by atoms with Crippen LogP contribution in [0.15, 0.2) is 35.2 Å². The van der Waals surface area contributed by atoms with Gasteiger partial charge in [0.05, 0.1) is 6.20 Å². The highest BCUT2D eigenvalue weighted by Gasteiger charge is 2.15. The van der Waals surface area contributed by atoms with Crippen LogP contribution >= 0.6 is 0 Å². The van der Waals surface area contributed by atoms with Crippen molar-refractivity contribution in [2.75, 3.05) is 5.73 Å². The van der Waals surface area contributed by atoms with Crippen LogP contribution in [0.1, 0.15) is 11.4 Å². The smallest absolute Gasteiger partial charge is 0.263 e. The fraction of sp³-hybridized carbons (Fsp3) is 0.167. The molecule has 3 rings (SSSR count).